The summed E-state index contributed by atoms with van der Waals surface area (Å²) in [6.07, 6.45) is 0.193. The van der Waals surface area contributed by atoms with Gasteiger partial charge in [-0.1, -0.05) is 12.1 Å². The van der Waals surface area contributed by atoms with E-state index < -0.39 is 0 Å². The predicted molar refractivity (Wildman–Crippen MR) is 88.9 cm³/mol. The van der Waals surface area contributed by atoms with Gasteiger partial charge in [0.2, 0.25) is 0 Å². The molecule has 0 aliphatic carbocycles. The molecular formula is C16H20INO2. The molecule has 1 aromatic carbocycles. The summed E-state index contributed by atoms with van der Waals surface area (Å²) in [5.74, 6) is 1.87. The van der Waals surface area contributed by atoms with E-state index in [1.807, 2.05) is 38.1 Å². The Hall–Kier alpha value is -1.01. The maximum absolute atomic E-state index is 5.72. The lowest BCUT2D eigenvalue weighted by Crippen LogP contribution is -2.18. The molecule has 1 heterocycles. The van der Waals surface area contributed by atoms with Crippen LogP contribution in [-0.2, 0) is 6.54 Å². The van der Waals surface area contributed by atoms with E-state index in [1.165, 1.54) is 5.56 Å². The highest BCUT2D eigenvalue weighted by Crippen LogP contribution is 2.20. The fourth-order valence-electron chi connectivity index (χ4n) is 1.95. The van der Waals surface area contributed by atoms with E-state index in [4.69, 9.17) is 9.15 Å². The minimum atomic E-state index is 0.193. The Labute approximate surface area is 133 Å². The first-order chi connectivity index (χ1) is 9.54. The summed E-state index contributed by atoms with van der Waals surface area (Å²) in [6, 6.07) is 12.4. The molecular weight excluding hydrogens is 365 g/mol. The number of halogens is 1. The molecule has 1 atom stereocenters. The lowest BCUT2D eigenvalue weighted by molar-refractivity contribution is 0.242. The summed E-state index contributed by atoms with van der Waals surface area (Å²) in [6.45, 7) is 6.93. The summed E-state index contributed by atoms with van der Waals surface area (Å²) >= 11 is 2.17. The van der Waals surface area contributed by atoms with Crippen molar-refractivity contribution in [1.29, 1.82) is 0 Å². The number of furan rings is 1. The maximum Gasteiger partial charge on any atom is 0.164 e. The monoisotopic (exact) mass is 385 g/mol. The number of ether oxygens (including phenoxy) is 1. The molecule has 0 amide bonds. The largest absolute Gasteiger partial charge is 0.491 e. The highest BCUT2D eigenvalue weighted by atomic mass is 127. The Morgan fingerprint density at radius 3 is 2.65 bits per heavy atom. The van der Waals surface area contributed by atoms with Crippen LogP contribution in [-0.4, -0.2) is 6.10 Å². The van der Waals surface area contributed by atoms with Crippen LogP contribution in [0.1, 0.15) is 38.1 Å². The number of hydrogen-bond donors (Lipinski definition) is 1. The number of benzene rings is 1. The quantitative estimate of drug-likeness (QED) is 0.743. The molecule has 0 spiro atoms. The molecule has 1 unspecified atom stereocenters. The van der Waals surface area contributed by atoms with Crippen molar-refractivity contribution in [3.05, 3.63) is 51.5 Å². The van der Waals surface area contributed by atoms with Gasteiger partial charge in [-0.05, 0) is 73.2 Å². The molecule has 1 aromatic heterocycles. The molecule has 0 aliphatic rings. The van der Waals surface area contributed by atoms with Crippen molar-refractivity contribution in [2.24, 2.45) is 0 Å². The van der Waals surface area contributed by atoms with Crippen molar-refractivity contribution in [2.45, 2.75) is 39.5 Å². The van der Waals surface area contributed by atoms with Gasteiger partial charge in [-0.3, -0.25) is 0 Å². The molecule has 2 aromatic rings. The number of nitrogens with one attached hydrogen (secondary N) is 1. The lowest BCUT2D eigenvalue weighted by atomic mass is 10.1. The van der Waals surface area contributed by atoms with Gasteiger partial charge in [0.25, 0.3) is 0 Å². The van der Waals surface area contributed by atoms with Crippen LogP contribution in [0.2, 0.25) is 0 Å². The summed E-state index contributed by atoms with van der Waals surface area (Å²) < 4.78 is 12.2. The Morgan fingerprint density at radius 1 is 1.20 bits per heavy atom. The van der Waals surface area contributed by atoms with Gasteiger partial charge in [0.05, 0.1) is 12.6 Å². The van der Waals surface area contributed by atoms with Crippen LogP contribution in [0.3, 0.4) is 0 Å². The van der Waals surface area contributed by atoms with Gasteiger partial charge in [0, 0.05) is 6.04 Å². The van der Waals surface area contributed by atoms with Gasteiger partial charge >= 0.3 is 0 Å². The van der Waals surface area contributed by atoms with E-state index in [2.05, 4.69) is 47.0 Å². The second kappa shape index (κ2) is 7.13. The molecule has 108 valence electrons. The smallest absolute Gasteiger partial charge is 0.164 e. The summed E-state index contributed by atoms with van der Waals surface area (Å²) in [4.78, 5) is 0. The van der Waals surface area contributed by atoms with Gasteiger partial charge in [0.15, 0.2) is 3.77 Å². The zero-order chi connectivity index (χ0) is 14.5. The SMILES string of the molecule is CC(C)Oc1cccc(C(C)NCc2ccc(I)o2)c1. The molecule has 20 heavy (non-hydrogen) atoms. The summed E-state index contributed by atoms with van der Waals surface area (Å²) in [7, 11) is 0. The van der Waals surface area contributed by atoms with E-state index in [9.17, 15) is 0 Å². The third-order valence-corrected chi connectivity index (χ3v) is 3.52. The molecule has 0 saturated carbocycles. The van der Waals surface area contributed by atoms with Crippen LogP contribution in [0.15, 0.2) is 40.8 Å². The van der Waals surface area contributed by atoms with E-state index in [-0.39, 0.29) is 12.1 Å². The first kappa shape index (κ1) is 15.4. The second-order valence-corrected chi connectivity index (χ2v) is 6.11. The molecule has 2 rings (SSSR count). The normalized spacial score (nSPS) is 12.7. The van der Waals surface area contributed by atoms with Crippen molar-refractivity contribution in [3.63, 3.8) is 0 Å². The highest BCUT2D eigenvalue weighted by Gasteiger charge is 2.08. The van der Waals surface area contributed by atoms with Gasteiger partial charge in [-0.25, -0.2) is 0 Å². The first-order valence-corrected chi connectivity index (χ1v) is 7.86. The fourth-order valence-corrected chi connectivity index (χ4v) is 2.41. The summed E-state index contributed by atoms with van der Waals surface area (Å²) in [5.41, 5.74) is 1.21. The minimum absolute atomic E-state index is 0.193. The van der Waals surface area contributed by atoms with Crippen LogP contribution in [0, 0.1) is 3.77 Å². The Kier molecular flexibility index (Phi) is 5.48. The third-order valence-electron chi connectivity index (χ3n) is 2.94. The Bertz CT molecular complexity index is 551. The van der Waals surface area contributed by atoms with E-state index in [0.717, 1.165) is 21.8 Å². The average molecular weight is 385 g/mol. The van der Waals surface area contributed by atoms with Crippen LogP contribution in [0.4, 0.5) is 0 Å². The van der Waals surface area contributed by atoms with E-state index in [0.29, 0.717) is 0 Å². The van der Waals surface area contributed by atoms with Gasteiger partial charge in [-0.15, -0.1) is 0 Å². The van der Waals surface area contributed by atoms with Crippen LogP contribution in [0.5, 0.6) is 5.75 Å². The molecule has 0 radical (unpaired) electrons. The first-order valence-electron chi connectivity index (χ1n) is 6.79. The molecule has 0 aliphatic heterocycles. The minimum Gasteiger partial charge on any atom is -0.491 e. The van der Waals surface area contributed by atoms with E-state index in [1.54, 1.807) is 0 Å². The predicted octanol–water partition coefficient (Wildman–Crippen LogP) is 4.52. The second-order valence-electron chi connectivity index (χ2n) is 5.05. The Balaban J connectivity index is 1.96. The molecule has 0 bridgehead atoms. The third kappa shape index (κ3) is 4.52. The molecule has 3 nitrogen and oxygen atoms in total. The Morgan fingerprint density at radius 2 is 2.00 bits per heavy atom. The van der Waals surface area contributed by atoms with Crippen LogP contribution in [0.25, 0.3) is 0 Å². The lowest BCUT2D eigenvalue weighted by Gasteiger charge is -2.16. The topological polar surface area (TPSA) is 34.4 Å². The van der Waals surface area contributed by atoms with Crippen LogP contribution < -0.4 is 10.1 Å². The number of rotatable bonds is 6. The summed E-state index contributed by atoms with van der Waals surface area (Å²) in [5, 5.41) is 3.46. The average Bonchev–Trinajstić information content (AvgIpc) is 2.81. The van der Waals surface area contributed by atoms with E-state index >= 15 is 0 Å². The maximum atomic E-state index is 5.72. The van der Waals surface area contributed by atoms with Crippen molar-refractivity contribution >= 4 is 22.6 Å². The molecule has 0 saturated heterocycles. The molecule has 0 fully saturated rings. The standard InChI is InChI=1S/C16H20INO2/c1-11(2)19-14-6-4-5-13(9-14)12(3)18-10-15-7-8-16(17)20-15/h4-9,11-12,18H,10H2,1-3H3. The molecule has 4 heteroatoms. The van der Waals surface area contributed by atoms with Gasteiger partial charge in [-0.2, -0.15) is 0 Å². The molecule has 1 N–H and O–H groups in total. The zero-order valence-corrected chi connectivity index (χ0v) is 14.2. The van der Waals surface area contributed by atoms with Crippen LogP contribution >= 0.6 is 22.6 Å². The van der Waals surface area contributed by atoms with Crippen molar-refractivity contribution in [3.8, 4) is 5.75 Å². The van der Waals surface area contributed by atoms with Gasteiger partial charge in [0.1, 0.15) is 11.5 Å². The zero-order valence-electron chi connectivity index (χ0n) is 12.0. The van der Waals surface area contributed by atoms with Crippen molar-refractivity contribution in [1.82, 2.24) is 5.32 Å². The van der Waals surface area contributed by atoms with Gasteiger partial charge < -0.3 is 14.5 Å². The van der Waals surface area contributed by atoms with Crippen molar-refractivity contribution < 1.29 is 9.15 Å². The van der Waals surface area contributed by atoms with Crippen molar-refractivity contribution in [2.75, 3.05) is 0 Å². The number of hydrogen-bond acceptors (Lipinski definition) is 3. The fraction of sp³-hybridized carbons (Fsp3) is 0.375. The highest BCUT2D eigenvalue weighted by molar-refractivity contribution is 14.1.